The molecule has 1 aromatic heterocycles. The van der Waals surface area contributed by atoms with E-state index in [1.807, 2.05) is 19.9 Å². The first kappa shape index (κ1) is 20.7. The van der Waals surface area contributed by atoms with Gasteiger partial charge in [-0.3, -0.25) is 4.79 Å². The van der Waals surface area contributed by atoms with Gasteiger partial charge in [0.1, 0.15) is 17.3 Å². The van der Waals surface area contributed by atoms with E-state index in [2.05, 4.69) is 0 Å². The Morgan fingerprint density at radius 2 is 2.07 bits per heavy atom. The van der Waals surface area contributed by atoms with Crippen LogP contribution < -0.4 is 4.74 Å². The quantitative estimate of drug-likeness (QED) is 0.707. The maximum atomic E-state index is 13.1. The second-order valence-electron chi connectivity index (χ2n) is 7.21. The lowest BCUT2D eigenvalue weighted by Crippen LogP contribution is -2.46. The van der Waals surface area contributed by atoms with Crippen LogP contribution in [-0.4, -0.2) is 42.9 Å². The van der Waals surface area contributed by atoms with Crippen molar-refractivity contribution in [2.75, 3.05) is 11.5 Å². The SMILES string of the molecule is Cc1ccc(CN(C(=O)[C@H](C)Oc2ccc(Cl)c(C)c2)[C@H]2CCS(=O)(=O)C2)o1. The van der Waals surface area contributed by atoms with Crippen molar-refractivity contribution in [3.63, 3.8) is 0 Å². The Hall–Kier alpha value is -1.99. The molecule has 28 heavy (non-hydrogen) atoms. The van der Waals surface area contributed by atoms with Crippen LogP contribution in [0.25, 0.3) is 0 Å². The van der Waals surface area contributed by atoms with Crippen molar-refractivity contribution >= 4 is 27.3 Å². The second-order valence-corrected chi connectivity index (χ2v) is 9.84. The van der Waals surface area contributed by atoms with E-state index in [0.717, 1.165) is 11.3 Å². The van der Waals surface area contributed by atoms with Crippen LogP contribution in [0, 0.1) is 13.8 Å². The van der Waals surface area contributed by atoms with Gasteiger partial charge in [-0.25, -0.2) is 8.42 Å². The molecule has 1 aliphatic heterocycles. The number of nitrogens with zero attached hydrogens (tertiary/aromatic N) is 1. The minimum atomic E-state index is -3.14. The van der Waals surface area contributed by atoms with Crippen molar-refractivity contribution in [3.05, 3.63) is 52.4 Å². The number of halogens is 1. The van der Waals surface area contributed by atoms with Gasteiger partial charge in [0.2, 0.25) is 0 Å². The van der Waals surface area contributed by atoms with E-state index in [-0.39, 0.29) is 30.0 Å². The number of amides is 1. The number of hydrogen-bond donors (Lipinski definition) is 0. The summed E-state index contributed by atoms with van der Waals surface area (Å²) in [6.07, 6.45) is -0.361. The predicted molar refractivity (Wildman–Crippen MR) is 107 cm³/mol. The number of aryl methyl sites for hydroxylation is 2. The first-order chi connectivity index (χ1) is 13.1. The maximum absolute atomic E-state index is 13.1. The number of furan rings is 1. The minimum absolute atomic E-state index is 0.0365. The molecule has 2 atom stereocenters. The van der Waals surface area contributed by atoms with Gasteiger partial charge < -0.3 is 14.1 Å². The van der Waals surface area contributed by atoms with Gasteiger partial charge in [-0.15, -0.1) is 0 Å². The van der Waals surface area contributed by atoms with Crippen LogP contribution in [0.1, 0.15) is 30.4 Å². The van der Waals surface area contributed by atoms with Gasteiger partial charge in [0, 0.05) is 11.1 Å². The molecule has 1 aromatic carbocycles. The Balaban J connectivity index is 1.79. The summed E-state index contributed by atoms with van der Waals surface area (Å²) >= 11 is 6.04. The zero-order valence-electron chi connectivity index (χ0n) is 16.1. The summed E-state index contributed by atoms with van der Waals surface area (Å²) in [5.41, 5.74) is 0.851. The highest BCUT2D eigenvalue weighted by atomic mass is 35.5. The molecule has 0 unspecified atom stereocenters. The summed E-state index contributed by atoms with van der Waals surface area (Å²) in [5.74, 6) is 1.67. The lowest BCUT2D eigenvalue weighted by Gasteiger charge is -2.30. The smallest absolute Gasteiger partial charge is 0.264 e. The molecule has 1 fully saturated rings. The molecular weight excluding hydrogens is 402 g/mol. The largest absolute Gasteiger partial charge is 0.481 e. The zero-order chi connectivity index (χ0) is 20.5. The average Bonchev–Trinajstić information content (AvgIpc) is 3.20. The third-order valence-corrected chi connectivity index (χ3v) is 7.02. The van der Waals surface area contributed by atoms with Crippen LogP contribution in [0.2, 0.25) is 5.02 Å². The van der Waals surface area contributed by atoms with Crippen LogP contribution in [0.5, 0.6) is 5.75 Å². The van der Waals surface area contributed by atoms with Gasteiger partial charge in [0.25, 0.3) is 5.91 Å². The van der Waals surface area contributed by atoms with Crippen molar-refractivity contribution < 1.29 is 22.4 Å². The molecule has 0 saturated carbocycles. The van der Waals surface area contributed by atoms with Crippen molar-refractivity contribution in [2.45, 2.75) is 45.9 Å². The van der Waals surface area contributed by atoms with Crippen molar-refractivity contribution in [3.8, 4) is 5.75 Å². The molecule has 152 valence electrons. The molecule has 0 bridgehead atoms. The number of carbonyl (C=O) groups excluding carboxylic acids is 1. The number of sulfone groups is 1. The highest BCUT2D eigenvalue weighted by molar-refractivity contribution is 7.91. The Morgan fingerprint density at radius 1 is 1.32 bits per heavy atom. The number of benzene rings is 1. The molecule has 6 nitrogen and oxygen atoms in total. The molecule has 3 rings (SSSR count). The molecule has 2 aromatic rings. The van der Waals surface area contributed by atoms with Crippen LogP contribution in [0.4, 0.5) is 0 Å². The summed E-state index contributed by atoms with van der Waals surface area (Å²) in [7, 11) is -3.14. The monoisotopic (exact) mass is 425 g/mol. The number of ether oxygens (including phenoxy) is 1. The Bertz CT molecular complexity index is 969. The van der Waals surface area contributed by atoms with Crippen LogP contribution >= 0.6 is 11.6 Å². The minimum Gasteiger partial charge on any atom is -0.481 e. The van der Waals surface area contributed by atoms with Gasteiger partial charge in [0.15, 0.2) is 15.9 Å². The van der Waals surface area contributed by atoms with Crippen molar-refractivity contribution in [1.29, 1.82) is 0 Å². The van der Waals surface area contributed by atoms with Gasteiger partial charge in [-0.1, -0.05) is 11.6 Å². The van der Waals surface area contributed by atoms with E-state index >= 15 is 0 Å². The molecular formula is C20H24ClNO5S. The lowest BCUT2D eigenvalue weighted by molar-refractivity contribution is -0.140. The van der Waals surface area contributed by atoms with E-state index in [9.17, 15) is 13.2 Å². The fourth-order valence-corrected chi connectivity index (χ4v) is 5.17. The third-order valence-electron chi connectivity index (χ3n) is 4.84. The third kappa shape index (κ3) is 4.89. The average molecular weight is 426 g/mol. The first-order valence-electron chi connectivity index (χ1n) is 9.13. The molecule has 0 spiro atoms. The standard InChI is InChI=1S/C20H24ClNO5S/c1-13-10-17(6-7-19(13)21)27-15(3)20(23)22(11-18-5-4-14(2)26-18)16-8-9-28(24,25)12-16/h4-7,10,15-16H,8-9,11-12H2,1-3H3/t15-,16-/m0/s1. The molecule has 1 amide bonds. The van der Waals surface area contributed by atoms with Crippen LogP contribution in [0.15, 0.2) is 34.7 Å². The molecule has 0 aliphatic carbocycles. The van der Waals surface area contributed by atoms with E-state index in [4.69, 9.17) is 20.8 Å². The van der Waals surface area contributed by atoms with Gasteiger partial charge >= 0.3 is 0 Å². The highest BCUT2D eigenvalue weighted by Crippen LogP contribution is 2.25. The predicted octanol–water partition coefficient (Wildman–Crippen LogP) is 3.53. The van der Waals surface area contributed by atoms with Crippen LogP contribution in [0.3, 0.4) is 0 Å². The molecule has 0 radical (unpaired) electrons. The summed E-state index contributed by atoms with van der Waals surface area (Å²) in [6.45, 7) is 5.55. The Kier molecular flexibility index (Phi) is 6.05. The topological polar surface area (TPSA) is 76.8 Å². The van der Waals surface area contributed by atoms with Gasteiger partial charge in [-0.2, -0.15) is 0 Å². The Morgan fingerprint density at radius 3 is 2.64 bits per heavy atom. The van der Waals surface area contributed by atoms with E-state index in [1.54, 1.807) is 36.1 Å². The fourth-order valence-electron chi connectivity index (χ4n) is 3.32. The molecule has 1 saturated heterocycles. The normalized spacial score (nSPS) is 19.4. The Labute approximate surface area is 170 Å². The zero-order valence-corrected chi connectivity index (χ0v) is 17.7. The molecule has 2 heterocycles. The number of rotatable bonds is 6. The molecule has 1 aliphatic rings. The van der Waals surface area contributed by atoms with E-state index in [0.29, 0.717) is 23.0 Å². The maximum Gasteiger partial charge on any atom is 0.264 e. The van der Waals surface area contributed by atoms with Gasteiger partial charge in [0.05, 0.1) is 18.1 Å². The first-order valence-corrected chi connectivity index (χ1v) is 11.3. The van der Waals surface area contributed by atoms with E-state index < -0.39 is 15.9 Å². The number of carbonyl (C=O) groups is 1. The second kappa shape index (κ2) is 8.17. The van der Waals surface area contributed by atoms with E-state index in [1.165, 1.54) is 0 Å². The van der Waals surface area contributed by atoms with Crippen molar-refractivity contribution in [1.82, 2.24) is 4.90 Å². The molecule has 0 N–H and O–H groups in total. The summed E-state index contributed by atoms with van der Waals surface area (Å²) < 4.78 is 35.3. The molecule has 8 heteroatoms. The fraction of sp³-hybridized carbons (Fsp3) is 0.450. The lowest BCUT2D eigenvalue weighted by atomic mass is 10.2. The number of hydrogen-bond acceptors (Lipinski definition) is 5. The van der Waals surface area contributed by atoms with Crippen molar-refractivity contribution in [2.24, 2.45) is 0 Å². The van der Waals surface area contributed by atoms with Gasteiger partial charge in [-0.05, 0) is 63.1 Å². The summed E-state index contributed by atoms with van der Waals surface area (Å²) in [4.78, 5) is 14.7. The summed E-state index contributed by atoms with van der Waals surface area (Å²) in [6, 6.07) is 8.43. The summed E-state index contributed by atoms with van der Waals surface area (Å²) in [5, 5.41) is 0.623. The highest BCUT2D eigenvalue weighted by Gasteiger charge is 2.37. The van der Waals surface area contributed by atoms with Crippen LogP contribution in [-0.2, 0) is 21.2 Å².